The van der Waals surface area contributed by atoms with Crippen molar-refractivity contribution < 1.29 is 9.90 Å². The molecule has 26 heavy (non-hydrogen) atoms. The normalized spacial score (nSPS) is 16.2. The molecule has 4 nitrogen and oxygen atoms in total. The highest BCUT2D eigenvalue weighted by Gasteiger charge is 2.21. The number of piperidine rings is 1. The van der Waals surface area contributed by atoms with Crippen LogP contribution in [0.25, 0.3) is 0 Å². The number of amides is 1. The zero-order chi connectivity index (χ0) is 18.2. The summed E-state index contributed by atoms with van der Waals surface area (Å²) in [6.07, 6.45) is 4.48. The first-order valence-corrected chi connectivity index (χ1v) is 9.55. The molecule has 0 spiro atoms. The van der Waals surface area contributed by atoms with Crippen molar-refractivity contribution in [3.63, 3.8) is 0 Å². The summed E-state index contributed by atoms with van der Waals surface area (Å²) in [5.74, 6) is 0.0966. The lowest BCUT2D eigenvalue weighted by atomic mass is 9.91. The molecule has 1 atom stereocenters. The molecule has 1 saturated heterocycles. The highest BCUT2D eigenvalue weighted by Crippen LogP contribution is 2.22. The Bertz CT molecular complexity index is 679. The highest BCUT2D eigenvalue weighted by atomic mass is 16.3. The number of aromatic hydroxyl groups is 1. The molecule has 0 saturated carbocycles. The second-order valence-corrected chi connectivity index (χ2v) is 7.03. The summed E-state index contributed by atoms with van der Waals surface area (Å²) in [7, 11) is 0. The molecule has 4 heteroatoms. The van der Waals surface area contributed by atoms with Gasteiger partial charge in [-0.05, 0) is 55.6 Å². The van der Waals surface area contributed by atoms with Gasteiger partial charge in [-0.25, -0.2) is 0 Å². The Morgan fingerprint density at radius 1 is 1.00 bits per heavy atom. The monoisotopic (exact) mass is 352 g/mol. The third-order valence-electron chi connectivity index (χ3n) is 5.07. The van der Waals surface area contributed by atoms with Crippen molar-refractivity contribution in [1.82, 2.24) is 10.2 Å². The predicted molar refractivity (Wildman–Crippen MR) is 104 cm³/mol. The van der Waals surface area contributed by atoms with E-state index in [1.807, 2.05) is 42.5 Å². The minimum atomic E-state index is -0.220. The number of nitrogens with zero attached hydrogens (tertiary/aromatic N) is 1. The standard InChI is InChI=1S/C22H28N2O2/c25-20-11-9-18(10-12-20)17-21(19-7-3-1-4-8-19)22(26)23-13-16-24-14-5-2-6-15-24/h1,3-4,7-12,21,25H,2,5-6,13-17H2,(H,23,26)/t21-/m1/s1. The van der Waals surface area contributed by atoms with Gasteiger partial charge in [0, 0.05) is 13.1 Å². The smallest absolute Gasteiger partial charge is 0.227 e. The van der Waals surface area contributed by atoms with Crippen LogP contribution in [0, 0.1) is 0 Å². The van der Waals surface area contributed by atoms with Crippen LogP contribution in [-0.2, 0) is 11.2 Å². The van der Waals surface area contributed by atoms with Crippen molar-refractivity contribution in [2.45, 2.75) is 31.6 Å². The minimum absolute atomic E-state index is 0.0706. The molecule has 2 aromatic rings. The van der Waals surface area contributed by atoms with Gasteiger partial charge in [0.05, 0.1) is 5.92 Å². The number of rotatable bonds is 7. The van der Waals surface area contributed by atoms with E-state index in [2.05, 4.69) is 10.2 Å². The highest BCUT2D eigenvalue weighted by molar-refractivity contribution is 5.84. The molecule has 1 aliphatic heterocycles. The molecule has 0 radical (unpaired) electrons. The van der Waals surface area contributed by atoms with Gasteiger partial charge < -0.3 is 15.3 Å². The molecule has 138 valence electrons. The number of phenolic OH excluding ortho intramolecular Hbond substituents is 1. The molecule has 3 rings (SSSR count). The van der Waals surface area contributed by atoms with E-state index < -0.39 is 0 Å². The van der Waals surface area contributed by atoms with Crippen LogP contribution >= 0.6 is 0 Å². The van der Waals surface area contributed by atoms with E-state index in [0.717, 1.165) is 30.8 Å². The van der Waals surface area contributed by atoms with Crippen molar-refractivity contribution >= 4 is 5.91 Å². The molecular weight excluding hydrogens is 324 g/mol. The van der Waals surface area contributed by atoms with Crippen molar-refractivity contribution in [2.75, 3.05) is 26.2 Å². The number of hydrogen-bond donors (Lipinski definition) is 2. The van der Waals surface area contributed by atoms with Gasteiger partial charge in [-0.15, -0.1) is 0 Å². The van der Waals surface area contributed by atoms with Crippen molar-refractivity contribution in [2.24, 2.45) is 0 Å². The Hall–Kier alpha value is -2.33. The molecule has 0 aromatic heterocycles. The van der Waals surface area contributed by atoms with E-state index in [1.54, 1.807) is 12.1 Å². The van der Waals surface area contributed by atoms with Crippen LogP contribution < -0.4 is 5.32 Å². The van der Waals surface area contributed by atoms with E-state index in [1.165, 1.54) is 19.3 Å². The second kappa shape index (κ2) is 9.39. The first-order valence-electron chi connectivity index (χ1n) is 9.55. The van der Waals surface area contributed by atoms with Crippen LogP contribution in [0.2, 0.25) is 0 Å². The molecule has 1 fully saturated rings. The van der Waals surface area contributed by atoms with Crippen molar-refractivity contribution in [3.8, 4) is 5.75 Å². The maximum absolute atomic E-state index is 12.9. The van der Waals surface area contributed by atoms with Gasteiger partial charge in [-0.3, -0.25) is 4.79 Å². The van der Waals surface area contributed by atoms with Gasteiger partial charge in [0.1, 0.15) is 5.75 Å². The molecule has 0 unspecified atom stereocenters. The summed E-state index contributed by atoms with van der Waals surface area (Å²) in [5, 5.41) is 12.6. The van der Waals surface area contributed by atoms with Gasteiger partial charge >= 0.3 is 0 Å². The van der Waals surface area contributed by atoms with Gasteiger partial charge in [0.25, 0.3) is 0 Å². The SMILES string of the molecule is O=C(NCCN1CCCCC1)[C@H](Cc1ccc(O)cc1)c1ccccc1. The fourth-order valence-corrected chi connectivity index (χ4v) is 3.56. The van der Waals surface area contributed by atoms with Crippen molar-refractivity contribution in [3.05, 3.63) is 65.7 Å². The summed E-state index contributed by atoms with van der Waals surface area (Å²) < 4.78 is 0. The van der Waals surface area contributed by atoms with E-state index in [0.29, 0.717) is 13.0 Å². The molecular formula is C22H28N2O2. The Kier molecular flexibility index (Phi) is 6.67. The number of hydrogen-bond acceptors (Lipinski definition) is 3. The van der Waals surface area contributed by atoms with Crippen LogP contribution in [0.3, 0.4) is 0 Å². The van der Waals surface area contributed by atoms with E-state index >= 15 is 0 Å². The zero-order valence-corrected chi connectivity index (χ0v) is 15.2. The largest absolute Gasteiger partial charge is 0.508 e. The zero-order valence-electron chi connectivity index (χ0n) is 15.2. The van der Waals surface area contributed by atoms with Crippen molar-refractivity contribution in [1.29, 1.82) is 0 Å². The molecule has 1 amide bonds. The first-order chi connectivity index (χ1) is 12.7. The quantitative estimate of drug-likeness (QED) is 0.804. The number of benzene rings is 2. The molecule has 1 heterocycles. The van der Waals surface area contributed by atoms with Gasteiger partial charge in [0.15, 0.2) is 0 Å². The van der Waals surface area contributed by atoms with Gasteiger partial charge in [-0.2, -0.15) is 0 Å². The number of likely N-dealkylation sites (tertiary alicyclic amines) is 1. The molecule has 0 bridgehead atoms. The lowest BCUT2D eigenvalue weighted by Gasteiger charge is -2.26. The fraction of sp³-hybridized carbons (Fsp3) is 0.409. The van der Waals surface area contributed by atoms with Crippen LogP contribution in [0.1, 0.15) is 36.3 Å². The van der Waals surface area contributed by atoms with E-state index in [9.17, 15) is 9.90 Å². The second-order valence-electron chi connectivity index (χ2n) is 7.03. The van der Waals surface area contributed by atoms with Gasteiger partial charge in [0.2, 0.25) is 5.91 Å². The molecule has 0 aliphatic carbocycles. The lowest BCUT2D eigenvalue weighted by Crippen LogP contribution is -2.39. The predicted octanol–water partition coefficient (Wildman–Crippen LogP) is 3.32. The van der Waals surface area contributed by atoms with Crippen LogP contribution in [0.4, 0.5) is 0 Å². The lowest BCUT2D eigenvalue weighted by molar-refractivity contribution is -0.122. The molecule has 1 aliphatic rings. The summed E-state index contributed by atoms with van der Waals surface area (Å²) >= 11 is 0. The Balaban J connectivity index is 1.62. The Morgan fingerprint density at radius 2 is 1.69 bits per heavy atom. The van der Waals surface area contributed by atoms with Crippen LogP contribution in [-0.4, -0.2) is 42.1 Å². The summed E-state index contributed by atoms with van der Waals surface area (Å²) in [4.78, 5) is 15.3. The maximum Gasteiger partial charge on any atom is 0.227 e. The number of carbonyl (C=O) groups excluding carboxylic acids is 1. The Labute approximate surface area is 155 Å². The first kappa shape index (κ1) is 18.5. The van der Waals surface area contributed by atoms with E-state index in [4.69, 9.17) is 0 Å². The Morgan fingerprint density at radius 3 is 2.38 bits per heavy atom. The summed E-state index contributed by atoms with van der Waals surface area (Å²) in [6, 6.07) is 17.0. The topological polar surface area (TPSA) is 52.6 Å². The third-order valence-corrected chi connectivity index (χ3v) is 5.07. The summed E-state index contributed by atoms with van der Waals surface area (Å²) in [6.45, 7) is 3.90. The average Bonchev–Trinajstić information content (AvgIpc) is 2.69. The fourth-order valence-electron chi connectivity index (χ4n) is 3.56. The number of carbonyl (C=O) groups is 1. The summed E-state index contributed by atoms with van der Waals surface area (Å²) in [5.41, 5.74) is 2.07. The van der Waals surface area contributed by atoms with E-state index in [-0.39, 0.29) is 17.6 Å². The number of phenols is 1. The van der Waals surface area contributed by atoms with Crippen LogP contribution in [0.15, 0.2) is 54.6 Å². The van der Waals surface area contributed by atoms with Gasteiger partial charge in [-0.1, -0.05) is 48.9 Å². The molecule has 2 N–H and O–H groups in total. The average molecular weight is 352 g/mol. The molecule has 2 aromatic carbocycles. The maximum atomic E-state index is 12.9. The minimum Gasteiger partial charge on any atom is -0.508 e. The third kappa shape index (κ3) is 5.33. The number of nitrogens with one attached hydrogen (secondary N) is 1. The van der Waals surface area contributed by atoms with Crippen LogP contribution in [0.5, 0.6) is 5.75 Å².